The van der Waals surface area contributed by atoms with E-state index in [1.165, 1.54) is 23.5 Å². The van der Waals surface area contributed by atoms with Crippen molar-refractivity contribution in [2.75, 3.05) is 0 Å². The lowest BCUT2D eigenvalue weighted by Crippen LogP contribution is -2.08. The fourth-order valence-corrected chi connectivity index (χ4v) is 4.24. The highest BCUT2D eigenvalue weighted by molar-refractivity contribution is 9.10. The van der Waals surface area contributed by atoms with Crippen LogP contribution in [0, 0.1) is 0 Å². The first-order chi connectivity index (χ1) is 15.0. The molecular formula is C23H11BrO6S. The molecule has 3 heterocycles. The molecule has 3 aromatic heterocycles. The Kier molecular flexibility index (Phi) is 4.80. The molecule has 5 rings (SSSR count). The summed E-state index contributed by atoms with van der Waals surface area (Å²) in [5, 5.41) is 2.99. The molecule has 0 unspecified atom stereocenters. The van der Waals surface area contributed by atoms with E-state index in [1.54, 1.807) is 47.8 Å². The van der Waals surface area contributed by atoms with Crippen LogP contribution in [0.15, 0.2) is 88.9 Å². The zero-order valence-electron chi connectivity index (χ0n) is 15.6. The van der Waals surface area contributed by atoms with Gasteiger partial charge < -0.3 is 13.6 Å². The van der Waals surface area contributed by atoms with Crippen LogP contribution in [0.4, 0.5) is 0 Å². The molecule has 0 aliphatic rings. The Morgan fingerprint density at radius 2 is 1.77 bits per heavy atom. The summed E-state index contributed by atoms with van der Waals surface area (Å²) >= 11 is 4.66. The molecule has 0 saturated heterocycles. The molecule has 152 valence electrons. The van der Waals surface area contributed by atoms with Crippen molar-refractivity contribution in [2.24, 2.45) is 0 Å². The predicted molar refractivity (Wildman–Crippen MR) is 121 cm³/mol. The highest BCUT2D eigenvalue weighted by Crippen LogP contribution is 2.30. The monoisotopic (exact) mass is 494 g/mol. The number of hydrogen-bond donors (Lipinski definition) is 0. The highest BCUT2D eigenvalue weighted by Gasteiger charge is 2.16. The van der Waals surface area contributed by atoms with E-state index in [4.69, 9.17) is 13.6 Å². The number of hydrogen-bond acceptors (Lipinski definition) is 7. The lowest BCUT2D eigenvalue weighted by Gasteiger charge is -2.08. The Morgan fingerprint density at radius 1 is 0.903 bits per heavy atom. The van der Waals surface area contributed by atoms with Crippen molar-refractivity contribution in [1.29, 1.82) is 0 Å². The van der Waals surface area contributed by atoms with Gasteiger partial charge in [-0.15, -0.1) is 11.3 Å². The molecule has 31 heavy (non-hydrogen) atoms. The molecule has 0 fully saturated rings. The summed E-state index contributed by atoms with van der Waals surface area (Å²) in [6.07, 6.45) is 0. The van der Waals surface area contributed by atoms with Gasteiger partial charge in [0.25, 0.3) is 0 Å². The first-order valence-electron chi connectivity index (χ1n) is 9.05. The summed E-state index contributed by atoms with van der Waals surface area (Å²) in [6.45, 7) is 0. The van der Waals surface area contributed by atoms with Crippen LogP contribution in [-0.4, -0.2) is 5.97 Å². The molecule has 0 bridgehead atoms. The van der Waals surface area contributed by atoms with Gasteiger partial charge in [0.1, 0.15) is 21.8 Å². The van der Waals surface area contributed by atoms with E-state index in [9.17, 15) is 14.4 Å². The van der Waals surface area contributed by atoms with Crippen LogP contribution in [0.3, 0.4) is 0 Å². The van der Waals surface area contributed by atoms with Crippen molar-refractivity contribution < 1.29 is 18.4 Å². The minimum atomic E-state index is -0.641. The molecule has 0 spiro atoms. The first-order valence-corrected chi connectivity index (χ1v) is 10.7. The summed E-state index contributed by atoms with van der Waals surface area (Å²) < 4.78 is 16.9. The van der Waals surface area contributed by atoms with Crippen LogP contribution in [0.2, 0.25) is 0 Å². The number of esters is 1. The Balaban J connectivity index is 1.64. The lowest BCUT2D eigenvalue weighted by molar-refractivity contribution is 0.0740. The molecule has 0 atom stereocenters. The number of halogens is 1. The smallest absolute Gasteiger partial charge is 0.353 e. The van der Waals surface area contributed by atoms with Crippen LogP contribution in [0.5, 0.6) is 5.75 Å². The fraction of sp³-hybridized carbons (Fsp3) is 0. The third-order valence-electron chi connectivity index (χ3n) is 4.63. The molecular weight excluding hydrogens is 484 g/mol. The van der Waals surface area contributed by atoms with Gasteiger partial charge in [0.15, 0.2) is 0 Å². The molecule has 6 nitrogen and oxygen atoms in total. The number of ether oxygens (including phenoxy) is 1. The summed E-state index contributed by atoms with van der Waals surface area (Å²) in [5.74, 6) is -0.283. The molecule has 8 heteroatoms. The maximum Gasteiger partial charge on any atom is 0.353 e. The van der Waals surface area contributed by atoms with Crippen LogP contribution in [-0.2, 0) is 0 Å². The normalized spacial score (nSPS) is 11.1. The summed E-state index contributed by atoms with van der Waals surface area (Å²) in [7, 11) is 0. The van der Waals surface area contributed by atoms with Gasteiger partial charge in [-0.2, -0.15) is 0 Å². The molecule has 0 saturated carbocycles. The molecule has 0 aliphatic heterocycles. The van der Waals surface area contributed by atoms with Crippen LogP contribution < -0.4 is 16.0 Å². The van der Waals surface area contributed by atoms with Crippen LogP contribution in [0.1, 0.15) is 9.67 Å². The van der Waals surface area contributed by atoms with E-state index in [2.05, 4.69) is 15.9 Å². The topological polar surface area (TPSA) is 86.7 Å². The molecule has 0 amide bonds. The third-order valence-corrected chi connectivity index (χ3v) is 5.98. The number of benzene rings is 2. The zero-order valence-corrected chi connectivity index (χ0v) is 18.0. The van der Waals surface area contributed by atoms with Gasteiger partial charge in [-0.3, -0.25) is 0 Å². The Bertz CT molecular complexity index is 1580. The van der Waals surface area contributed by atoms with Gasteiger partial charge in [0.05, 0.1) is 5.56 Å². The second kappa shape index (κ2) is 7.64. The average molecular weight is 495 g/mol. The number of fused-ring (bicyclic) bond motifs is 2. The van der Waals surface area contributed by atoms with Crippen molar-refractivity contribution in [1.82, 2.24) is 0 Å². The zero-order chi connectivity index (χ0) is 21.5. The number of carbonyl (C=O) groups is 1. The summed E-state index contributed by atoms with van der Waals surface area (Å²) in [5.41, 5.74) is 0.0115. The van der Waals surface area contributed by atoms with E-state index < -0.39 is 17.2 Å². The van der Waals surface area contributed by atoms with Crippen molar-refractivity contribution in [2.45, 2.75) is 0 Å². The molecule has 0 N–H and O–H groups in total. The van der Waals surface area contributed by atoms with Crippen molar-refractivity contribution >= 4 is 55.2 Å². The molecule has 0 radical (unpaired) electrons. The van der Waals surface area contributed by atoms with Crippen molar-refractivity contribution in [3.63, 3.8) is 0 Å². The lowest BCUT2D eigenvalue weighted by atomic mass is 10.0. The van der Waals surface area contributed by atoms with Gasteiger partial charge in [-0.25, -0.2) is 14.4 Å². The molecule has 5 aromatic rings. The predicted octanol–water partition coefficient (Wildman–Crippen LogP) is 5.61. The second-order valence-corrected chi connectivity index (χ2v) is 8.50. The second-order valence-electron chi connectivity index (χ2n) is 6.63. The minimum absolute atomic E-state index is 0.188. The van der Waals surface area contributed by atoms with E-state index in [0.717, 1.165) is 4.47 Å². The van der Waals surface area contributed by atoms with Crippen molar-refractivity contribution in [3.8, 4) is 16.9 Å². The maximum absolute atomic E-state index is 12.6. The van der Waals surface area contributed by atoms with Gasteiger partial charge in [-0.05, 0) is 47.8 Å². The van der Waals surface area contributed by atoms with Gasteiger partial charge in [0.2, 0.25) is 0 Å². The van der Waals surface area contributed by atoms with E-state index in [0.29, 0.717) is 26.8 Å². The molecule has 2 aromatic carbocycles. The van der Waals surface area contributed by atoms with E-state index in [1.807, 2.05) is 6.07 Å². The minimum Gasteiger partial charge on any atom is -0.423 e. The van der Waals surface area contributed by atoms with E-state index >= 15 is 0 Å². The largest absolute Gasteiger partial charge is 0.423 e. The fourth-order valence-electron chi connectivity index (χ4n) is 3.26. The van der Waals surface area contributed by atoms with Crippen molar-refractivity contribution in [3.05, 3.63) is 96.2 Å². The molecule has 0 aliphatic carbocycles. The Morgan fingerprint density at radius 3 is 2.58 bits per heavy atom. The first kappa shape index (κ1) is 19.5. The number of rotatable bonds is 3. The Labute approximate surface area is 186 Å². The average Bonchev–Trinajstić information content (AvgIpc) is 3.28. The van der Waals surface area contributed by atoms with Gasteiger partial charge in [-0.1, -0.05) is 22.0 Å². The van der Waals surface area contributed by atoms with Gasteiger partial charge >= 0.3 is 17.2 Å². The van der Waals surface area contributed by atoms with Crippen LogP contribution >= 0.6 is 27.3 Å². The van der Waals surface area contributed by atoms with Crippen LogP contribution in [0.25, 0.3) is 33.1 Å². The Hall–Kier alpha value is -3.49. The third kappa shape index (κ3) is 3.71. The quantitative estimate of drug-likeness (QED) is 0.184. The summed E-state index contributed by atoms with van der Waals surface area (Å²) in [6, 6.07) is 16.3. The maximum atomic E-state index is 12.6. The summed E-state index contributed by atoms with van der Waals surface area (Å²) in [4.78, 5) is 37.5. The highest BCUT2D eigenvalue weighted by atomic mass is 79.9. The SMILES string of the molecule is O=C(Oc1ccc2c(-c3cc4cc(Br)ccc4oc3=O)cc(=O)oc2c1)c1cccs1. The standard InChI is InChI=1S/C23H11BrO6S/c24-13-3-6-18-12(8-13)9-17(22(26)30-18)16-11-21(25)29-19-10-14(4-5-15(16)19)28-23(27)20-2-1-7-31-20/h1-11H. The van der Waals surface area contributed by atoms with Gasteiger partial charge in [0, 0.05) is 32.9 Å². The number of carbonyl (C=O) groups excluding carboxylic acids is 1. The van der Waals surface area contributed by atoms with E-state index in [-0.39, 0.29) is 16.9 Å². The number of thiophene rings is 1.